The molecule has 0 fully saturated rings. The van der Waals surface area contributed by atoms with E-state index >= 15 is 0 Å². The van der Waals surface area contributed by atoms with Crippen LogP contribution in [0.3, 0.4) is 0 Å². The van der Waals surface area contributed by atoms with Crippen LogP contribution in [0, 0.1) is 5.82 Å². The highest BCUT2D eigenvalue weighted by Crippen LogP contribution is 2.21. The molecule has 17 heavy (non-hydrogen) atoms. The Morgan fingerprint density at radius 3 is 2.88 bits per heavy atom. The Morgan fingerprint density at radius 1 is 1.41 bits per heavy atom. The van der Waals surface area contributed by atoms with E-state index in [0.29, 0.717) is 23.7 Å². The molecule has 1 rings (SSSR count). The highest BCUT2D eigenvalue weighted by molar-refractivity contribution is 7.99. The Labute approximate surface area is 106 Å². The molecule has 0 unspecified atom stereocenters. The molecule has 0 heterocycles. The molecule has 0 saturated carbocycles. The summed E-state index contributed by atoms with van der Waals surface area (Å²) in [4.78, 5) is 11.8. The van der Waals surface area contributed by atoms with Crippen molar-refractivity contribution in [2.24, 2.45) is 0 Å². The van der Waals surface area contributed by atoms with E-state index in [2.05, 4.69) is 0 Å². The predicted octanol–water partition coefficient (Wildman–Crippen LogP) is 3.65. The van der Waals surface area contributed by atoms with Gasteiger partial charge in [0.05, 0.1) is 13.0 Å². The molecule has 0 amide bonds. The summed E-state index contributed by atoms with van der Waals surface area (Å²) >= 11 is 1.34. The maximum Gasteiger partial charge on any atom is 0.306 e. The minimum atomic E-state index is -0.239. The first-order valence-electron chi connectivity index (χ1n) is 5.77. The molecular weight excluding hydrogens is 239 g/mol. The van der Waals surface area contributed by atoms with Gasteiger partial charge >= 0.3 is 5.97 Å². The second kappa shape index (κ2) is 8.12. The summed E-state index contributed by atoms with van der Waals surface area (Å²) in [6, 6.07) is 6.56. The number of halogens is 1. The lowest BCUT2D eigenvalue weighted by molar-refractivity contribution is -0.143. The van der Waals surface area contributed by atoms with E-state index < -0.39 is 0 Å². The second-order valence-electron chi connectivity index (χ2n) is 3.60. The number of carbonyl (C=O) groups is 1. The maximum absolute atomic E-state index is 13.2. The van der Waals surface area contributed by atoms with Crippen molar-refractivity contribution in [2.75, 3.05) is 12.4 Å². The van der Waals surface area contributed by atoms with Crippen molar-refractivity contribution in [2.45, 2.75) is 31.1 Å². The van der Waals surface area contributed by atoms with Gasteiger partial charge in [-0.15, -0.1) is 11.8 Å². The summed E-state index contributed by atoms with van der Waals surface area (Å²) in [6.07, 6.45) is 2.23. The fourth-order valence-electron chi connectivity index (χ4n) is 1.21. The number of unbranched alkanes of at least 4 members (excludes halogenated alkanes) is 1. The predicted molar refractivity (Wildman–Crippen MR) is 67.6 cm³/mol. The zero-order valence-electron chi connectivity index (χ0n) is 9.95. The SMILES string of the molecule is CCCCOC(=O)CCSc1ccccc1F. The Kier molecular flexibility index (Phi) is 6.70. The monoisotopic (exact) mass is 256 g/mol. The van der Waals surface area contributed by atoms with Crippen LogP contribution in [-0.4, -0.2) is 18.3 Å². The molecule has 2 nitrogen and oxygen atoms in total. The van der Waals surface area contributed by atoms with Gasteiger partial charge in [0.15, 0.2) is 0 Å². The van der Waals surface area contributed by atoms with Gasteiger partial charge in [0.2, 0.25) is 0 Å². The lowest BCUT2D eigenvalue weighted by Gasteiger charge is -2.04. The largest absolute Gasteiger partial charge is 0.466 e. The Morgan fingerprint density at radius 2 is 2.18 bits per heavy atom. The number of hydrogen-bond donors (Lipinski definition) is 0. The summed E-state index contributed by atoms with van der Waals surface area (Å²) < 4.78 is 18.2. The number of carbonyl (C=O) groups excluding carboxylic acids is 1. The normalized spacial score (nSPS) is 10.2. The van der Waals surface area contributed by atoms with Gasteiger partial charge in [-0.25, -0.2) is 4.39 Å². The van der Waals surface area contributed by atoms with Crippen LogP contribution < -0.4 is 0 Å². The number of thioether (sulfide) groups is 1. The number of rotatable bonds is 7. The van der Waals surface area contributed by atoms with E-state index in [1.54, 1.807) is 18.2 Å². The van der Waals surface area contributed by atoms with Crippen molar-refractivity contribution in [3.8, 4) is 0 Å². The molecule has 0 aromatic heterocycles. The summed E-state index contributed by atoms with van der Waals surface area (Å²) in [6.45, 7) is 2.53. The number of ether oxygens (including phenoxy) is 1. The van der Waals surface area contributed by atoms with Crippen molar-refractivity contribution in [1.29, 1.82) is 0 Å². The minimum Gasteiger partial charge on any atom is -0.466 e. The molecule has 0 spiro atoms. The maximum atomic E-state index is 13.2. The van der Waals surface area contributed by atoms with Gasteiger partial charge in [-0.1, -0.05) is 25.5 Å². The quantitative estimate of drug-likeness (QED) is 0.423. The third kappa shape index (κ3) is 5.73. The fourth-order valence-corrected chi connectivity index (χ4v) is 2.08. The van der Waals surface area contributed by atoms with E-state index in [1.165, 1.54) is 17.8 Å². The molecule has 0 radical (unpaired) electrons. The summed E-state index contributed by atoms with van der Waals surface area (Å²) in [5.41, 5.74) is 0. The second-order valence-corrected chi connectivity index (χ2v) is 4.74. The molecular formula is C13H17FO2S. The fraction of sp³-hybridized carbons (Fsp3) is 0.462. The van der Waals surface area contributed by atoms with Crippen LogP contribution in [0.4, 0.5) is 4.39 Å². The van der Waals surface area contributed by atoms with Gasteiger partial charge in [0, 0.05) is 10.6 Å². The highest BCUT2D eigenvalue weighted by Gasteiger charge is 2.05. The molecule has 0 aliphatic rings. The van der Waals surface area contributed by atoms with Gasteiger partial charge in [-0.2, -0.15) is 0 Å². The molecule has 4 heteroatoms. The number of benzene rings is 1. The Bertz CT molecular complexity index is 355. The van der Waals surface area contributed by atoms with E-state index in [1.807, 2.05) is 6.92 Å². The van der Waals surface area contributed by atoms with Crippen LogP contribution in [0.15, 0.2) is 29.2 Å². The molecule has 0 bridgehead atoms. The third-order valence-corrected chi connectivity index (χ3v) is 3.21. The minimum absolute atomic E-state index is 0.206. The molecule has 1 aromatic rings. The average molecular weight is 256 g/mol. The smallest absolute Gasteiger partial charge is 0.306 e. The van der Waals surface area contributed by atoms with Crippen LogP contribution in [0.1, 0.15) is 26.2 Å². The number of hydrogen-bond acceptors (Lipinski definition) is 3. The molecule has 0 N–H and O–H groups in total. The van der Waals surface area contributed by atoms with Crippen molar-refractivity contribution in [1.82, 2.24) is 0 Å². The van der Waals surface area contributed by atoms with Crippen molar-refractivity contribution in [3.05, 3.63) is 30.1 Å². The third-order valence-electron chi connectivity index (χ3n) is 2.16. The highest BCUT2D eigenvalue weighted by atomic mass is 32.2. The molecule has 94 valence electrons. The lowest BCUT2D eigenvalue weighted by atomic mass is 10.3. The zero-order chi connectivity index (χ0) is 12.5. The molecule has 0 saturated heterocycles. The van der Waals surface area contributed by atoms with Gasteiger partial charge in [-0.05, 0) is 18.6 Å². The standard InChI is InChI=1S/C13H17FO2S/c1-2-3-9-16-13(15)8-10-17-12-7-5-4-6-11(12)14/h4-7H,2-3,8-10H2,1H3. The van der Waals surface area contributed by atoms with E-state index in [4.69, 9.17) is 4.74 Å². The van der Waals surface area contributed by atoms with E-state index in [9.17, 15) is 9.18 Å². The van der Waals surface area contributed by atoms with Crippen molar-refractivity contribution >= 4 is 17.7 Å². The first-order valence-corrected chi connectivity index (χ1v) is 6.75. The van der Waals surface area contributed by atoms with Crippen molar-refractivity contribution < 1.29 is 13.9 Å². The van der Waals surface area contributed by atoms with Gasteiger partial charge in [-0.3, -0.25) is 4.79 Å². The first-order chi connectivity index (χ1) is 8.24. The van der Waals surface area contributed by atoms with Crippen LogP contribution in [0.2, 0.25) is 0 Å². The van der Waals surface area contributed by atoms with E-state index in [0.717, 1.165) is 12.8 Å². The molecule has 0 aliphatic carbocycles. The summed E-state index contributed by atoms with van der Waals surface area (Å²) in [5.74, 6) is 0.102. The molecule has 0 atom stereocenters. The summed E-state index contributed by atoms with van der Waals surface area (Å²) in [7, 11) is 0. The van der Waals surface area contributed by atoms with Crippen LogP contribution >= 0.6 is 11.8 Å². The van der Waals surface area contributed by atoms with Crippen LogP contribution in [0.5, 0.6) is 0 Å². The average Bonchev–Trinajstić information content (AvgIpc) is 2.32. The van der Waals surface area contributed by atoms with Gasteiger partial charge in [0.1, 0.15) is 5.82 Å². The molecule has 1 aromatic carbocycles. The Balaban J connectivity index is 2.19. The lowest BCUT2D eigenvalue weighted by Crippen LogP contribution is -2.06. The summed E-state index contributed by atoms with van der Waals surface area (Å²) in [5, 5.41) is 0. The van der Waals surface area contributed by atoms with Gasteiger partial charge in [0.25, 0.3) is 0 Å². The van der Waals surface area contributed by atoms with Crippen LogP contribution in [-0.2, 0) is 9.53 Å². The first kappa shape index (κ1) is 14.0. The number of esters is 1. The topological polar surface area (TPSA) is 26.3 Å². The van der Waals surface area contributed by atoms with Gasteiger partial charge < -0.3 is 4.74 Å². The van der Waals surface area contributed by atoms with E-state index in [-0.39, 0.29) is 11.8 Å². The molecule has 0 aliphatic heterocycles. The zero-order valence-corrected chi connectivity index (χ0v) is 10.8. The van der Waals surface area contributed by atoms with Crippen molar-refractivity contribution in [3.63, 3.8) is 0 Å². The Hall–Kier alpha value is -1.03. The van der Waals surface area contributed by atoms with Crippen LogP contribution in [0.25, 0.3) is 0 Å².